The number of aromatic nitrogens is 2. The minimum atomic E-state index is -2.42. The molecule has 2 aliphatic heterocycles. The van der Waals surface area contributed by atoms with E-state index in [1.165, 1.54) is 12.1 Å². The lowest BCUT2D eigenvalue weighted by atomic mass is 10.0. The van der Waals surface area contributed by atoms with E-state index in [4.69, 9.17) is 5.26 Å². The highest BCUT2D eigenvalue weighted by atomic mass is 19.3. The van der Waals surface area contributed by atoms with E-state index >= 15 is 0 Å². The van der Waals surface area contributed by atoms with Gasteiger partial charge in [0.05, 0.1) is 29.1 Å². The van der Waals surface area contributed by atoms with Gasteiger partial charge in [0.15, 0.2) is 0 Å². The number of rotatable bonds is 5. The van der Waals surface area contributed by atoms with Crippen molar-refractivity contribution >= 4 is 17.6 Å². The van der Waals surface area contributed by atoms with Crippen molar-refractivity contribution in [1.29, 1.82) is 5.26 Å². The smallest absolute Gasteiger partial charge is 0.311 e. The normalized spacial score (nSPS) is 18.3. The van der Waals surface area contributed by atoms with Crippen LogP contribution in [0.15, 0.2) is 18.2 Å². The molecular formula is C22H24F3N7O2. The summed E-state index contributed by atoms with van der Waals surface area (Å²) in [7, 11) is 1.88. The fraction of sp³-hybridized carbons (Fsp3) is 0.455. The molecule has 0 saturated carbocycles. The number of alkyl halides is 2. The topological polar surface area (TPSA) is 106 Å². The average Bonchev–Trinajstić information content (AvgIpc) is 3.03. The molecule has 2 aliphatic rings. The third-order valence-corrected chi connectivity index (χ3v) is 5.90. The molecule has 180 valence electrons. The van der Waals surface area contributed by atoms with E-state index in [0.717, 1.165) is 11.0 Å². The number of nitriles is 1. The van der Waals surface area contributed by atoms with Gasteiger partial charge in [0, 0.05) is 50.7 Å². The number of amides is 3. The van der Waals surface area contributed by atoms with Crippen molar-refractivity contribution < 1.29 is 22.8 Å². The van der Waals surface area contributed by atoms with Gasteiger partial charge in [0.2, 0.25) is 0 Å². The van der Waals surface area contributed by atoms with Crippen LogP contribution in [-0.2, 0) is 19.5 Å². The molecule has 0 radical (unpaired) electrons. The maximum absolute atomic E-state index is 13.6. The fourth-order valence-corrected chi connectivity index (χ4v) is 4.40. The number of carbonyl (C=O) groups excluding carboxylic acids is 2. The van der Waals surface area contributed by atoms with Gasteiger partial charge in [-0.25, -0.2) is 18.0 Å². The second-order valence-electron chi connectivity index (χ2n) is 8.51. The molecule has 1 aromatic carbocycles. The molecule has 34 heavy (non-hydrogen) atoms. The molecule has 1 unspecified atom stereocenters. The second-order valence-corrected chi connectivity index (χ2v) is 8.51. The number of anilines is 1. The molecular weight excluding hydrogens is 451 g/mol. The molecule has 1 aromatic heterocycles. The first kappa shape index (κ1) is 23.7. The van der Waals surface area contributed by atoms with Crippen molar-refractivity contribution in [3.05, 3.63) is 46.5 Å². The van der Waals surface area contributed by atoms with Crippen LogP contribution in [0.1, 0.15) is 27.3 Å². The molecule has 2 aromatic rings. The summed E-state index contributed by atoms with van der Waals surface area (Å²) in [5.41, 5.74) is 1.66. The quantitative estimate of drug-likeness (QED) is 0.686. The van der Waals surface area contributed by atoms with Gasteiger partial charge in [-0.05, 0) is 25.2 Å². The van der Waals surface area contributed by atoms with Gasteiger partial charge in [-0.15, -0.1) is 0 Å². The van der Waals surface area contributed by atoms with Crippen molar-refractivity contribution in [2.45, 2.75) is 25.9 Å². The number of imide groups is 1. The van der Waals surface area contributed by atoms with Crippen LogP contribution in [0.2, 0.25) is 0 Å². The van der Waals surface area contributed by atoms with E-state index in [9.17, 15) is 22.8 Å². The van der Waals surface area contributed by atoms with Crippen LogP contribution < -0.4 is 10.6 Å². The number of nitrogens with one attached hydrogen (secondary N) is 2. The number of benzene rings is 1. The van der Waals surface area contributed by atoms with Gasteiger partial charge >= 0.3 is 6.03 Å². The van der Waals surface area contributed by atoms with Gasteiger partial charge in [0.1, 0.15) is 11.9 Å². The fourth-order valence-electron chi connectivity index (χ4n) is 4.40. The summed E-state index contributed by atoms with van der Waals surface area (Å²) in [6.45, 7) is 1.67. The minimum absolute atomic E-state index is 0.0219. The van der Waals surface area contributed by atoms with Crippen molar-refractivity contribution in [3.63, 3.8) is 0 Å². The zero-order valence-electron chi connectivity index (χ0n) is 18.5. The lowest BCUT2D eigenvalue weighted by Gasteiger charge is -2.26. The molecule has 4 rings (SSSR count). The molecule has 3 amide bonds. The van der Waals surface area contributed by atoms with E-state index in [1.54, 1.807) is 10.8 Å². The molecule has 0 aliphatic carbocycles. The number of fused-ring (bicyclic) bond motifs is 3. The number of urea groups is 1. The summed E-state index contributed by atoms with van der Waals surface area (Å²) in [5.74, 6) is -1.16. The highest BCUT2D eigenvalue weighted by Gasteiger charge is 2.36. The largest absolute Gasteiger partial charge is 0.328 e. The third kappa shape index (κ3) is 4.90. The van der Waals surface area contributed by atoms with E-state index in [2.05, 4.69) is 15.7 Å². The first-order valence-corrected chi connectivity index (χ1v) is 10.8. The summed E-state index contributed by atoms with van der Waals surface area (Å²) < 4.78 is 40.3. The van der Waals surface area contributed by atoms with Crippen molar-refractivity contribution in [2.75, 3.05) is 38.5 Å². The van der Waals surface area contributed by atoms with Crippen LogP contribution in [0.25, 0.3) is 0 Å². The summed E-state index contributed by atoms with van der Waals surface area (Å²) in [6.07, 6.45) is -2.05. The van der Waals surface area contributed by atoms with E-state index in [1.807, 2.05) is 11.9 Å². The van der Waals surface area contributed by atoms with Crippen molar-refractivity contribution in [1.82, 2.24) is 24.9 Å². The van der Waals surface area contributed by atoms with E-state index in [0.29, 0.717) is 49.6 Å². The Morgan fingerprint density at radius 3 is 2.88 bits per heavy atom. The van der Waals surface area contributed by atoms with Crippen LogP contribution in [0.5, 0.6) is 0 Å². The molecule has 0 bridgehead atoms. The third-order valence-electron chi connectivity index (χ3n) is 5.90. The van der Waals surface area contributed by atoms with Crippen LogP contribution >= 0.6 is 0 Å². The zero-order valence-corrected chi connectivity index (χ0v) is 18.5. The standard InChI is InChI=1S/C22H24F3N7O2/c1-30-10-13(8-27-9-19(24)25)11-32-18(12-30)20-17(29-32)4-5-31(21(20)33)22(34)28-15-2-3-16(23)14(6-15)7-26/h2-3,6,13,19,27H,4-5,8-12H2,1H3,(H,28,34). The Bertz CT molecular complexity index is 1140. The van der Waals surface area contributed by atoms with Crippen molar-refractivity contribution in [3.8, 4) is 6.07 Å². The van der Waals surface area contributed by atoms with Gasteiger partial charge in [0.25, 0.3) is 12.3 Å². The Kier molecular flexibility index (Phi) is 6.85. The van der Waals surface area contributed by atoms with Crippen molar-refractivity contribution in [2.24, 2.45) is 5.92 Å². The Labute approximate surface area is 194 Å². The van der Waals surface area contributed by atoms with Crippen LogP contribution in [0, 0.1) is 23.1 Å². The molecule has 0 fully saturated rings. The monoisotopic (exact) mass is 475 g/mol. The van der Waals surface area contributed by atoms with Gasteiger partial charge < -0.3 is 15.5 Å². The Balaban J connectivity index is 1.52. The number of hydrogen-bond acceptors (Lipinski definition) is 6. The maximum Gasteiger partial charge on any atom is 0.328 e. The van der Waals surface area contributed by atoms with Gasteiger partial charge in [-0.3, -0.25) is 14.4 Å². The number of hydrogen-bond donors (Lipinski definition) is 2. The van der Waals surface area contributed by atoms with Crippen LogP contribution in [0.3, 0.4) is 0 Å². The SMILES string of the molecule is CN1Cc2c3c(nn2CC(CNCC(F)F)C1)CCN(C(=O)Nc1ccc(F)c(C#N)c1)C3=O. The van der Waals surface area contributed by atoms with E-state index in [-0.39, 0.29) is 30.3 Å². The number of halogens is 3. The molecule has 12 heteroatoms. The molecule has 0 spiro atoms. The minimum Gasteiger partial charge on any atom is -0.311 e. The molecule has 9 nitrogen and oxygen atoms in total. The highest BCUT2D eigenvalue weighted by molar-refractivity contribution is 6.09. The summed E-state index contributed by atoms with van der Waals surface area (Å²) >= 11 is 0. The summed E-state index contributed by atoms with van der Waals surface area (Å²) in [5, 5.41) is 18.9. The average molecular weight is 475 g/mol. The number of carbonyl (C=O) groups is 2. The predicted molar refractivity (Wildman–Crippen MR) is 116 cm³/mol. The Morgan fingerprint density at radius 2 is 2.15 bits per heavy atom. The van der Waals surface area contributed by atoms with Crippen LogP contribution in [0.4, 0.5) is 23.7 Å². The maximum atomic E-state index is 13.6. The Hall–Kier alpha value is -3.43. The molecule has 3 heterocycles. The lowest BCUT2D eigenvalue weighted by Crippen LogP contribution is -2.44. The highest BCUT2D eigenvalue weighted by Crippen LogP contribution is 2.27. The summed E-state index contributed by atoms with van der Waals surface area (Å²) in [4.78, 5) is 29.2. The zero-order chi connectivity index (χ0) is 24.4. The first-order valence-electron chi connectivity index (χ1n) is 10.8. The van der Waals surface area contributed by atoms with Gasteiger partial charge in [-0.2, -0.15) is 10.4 Å². The molecule has 2 N–H and O–H groups in total. The Morgan fingerprint density at radius 1 is 1.35 bits per heavy atom. The number of nitrogens with zero attached hydrogens (tertiary/aromatic N) is 5. The van der Waals surface area contributed by atoms with Crippen LogP contribution in [-0.4, -0.2) is 71.2 Å². The summed E-state index contributed by atoms with van der Waals surface area (Å²) in [6, 6.07) is 4.62. The molecule has 1 atom stereocenters. The second kappa shape index (κ2) is 9.82. The van der Waals surface area contributed by atoms with Gasteiger partial charge in [-0.1, -0.05) is 0 Å². The molecule has 0 saturated heterocycles. The lowest BCUT2D eigenvalue weighted by molar-refractivity contribution is 0.0796. The first-order chi connectivity index (χ1) is 16.3. The predicted octanol–water partition coefficient (Wildman–Crippen LogP) is 2.04. The van der Waals surface area contributed by atoms with E-state index < -0.39 is 24.2 Å².